The maximum Gasteiger partial charge on any atom is 0.309 e. The minimum atomic E-state index is -0.212. The van der Waals surface area contributed by atoms with Crippen LogP contribution in [0.25, 0.3) is 0 Å². The largest absolute Gasteiger partial charge is 0.458 e. The number of hydrogen-bond acceptors (Lipinski definition) is 3. The average molecular weight is 432 g/mol. The summed E-state index contributed by atoms with van der Waals surface area (Å²) in [5.74, 6) is 5.56. The molecule has 178 valence electrons. The van der Waals surface area contributed by atoms with E-state index in [0.717, 1.165) is 31.2 Å². The lowest BCUT2D eigenvalue weighted by molar-refractivity contribution is -0.198. The van der Waals surface area contributed by atoms with Crippen LogP contribution < -0.4 is 5.32 Å². The van der Waals surface area contributed by atoms with Crippen LogP contribution in [0.5, 0.6) is 0 Å². The van der Waals surface area contributed by atoms with Crippen molar-refractivity contribution in [2.75, 3.05) is 6.54 Å². The van der Waals surface area contributed by atoms with Crippen molar-refractivity contribution in [2.24, 2.45) is 53.3 Å². The predicted octanol–water partition coefficient (Wildman–Crippen LogP) is 6.46. The van der Waals surface area contributed by atoms with Gasteiger partial charge in [0.25, 0.3) is 0 Å². The topological polar surface area (TPSA) is 38.3 Å². The number of carbonyl (C=O) groups is 1. The fraction of sp³-hybridized carbons (Fsp3) is 0.964. The maximum absolute atomic E-state index is 13.8. The Bertz CT molecular complexity index is 633. The zero-order valence-corrected chi connectivity index (χ0v) is 21.2. The second-order valence-electron chi connectivity index (χ2n) is 12.0. The molecule has 0 saturated heterocycles. The summed E-state index contributed by atoms with van der Waals surface area (Å²) >= 11 is 0. The molecule has 4 saturated carbocycles. The van der Waals surface area contributed by atoms with Gasteiger partial charge in [0.1, 0.15) is 5.60 Å². The second-order valence-corrected chi connectivity index (χ2v) is 12.0. The molecule has 4 rings (SSSR count). The van der Waals surface area contributed by atoms with Gasteiger partial charge in [0.15, 0.2) is 0 Å². The van der Waals surface area contributed by atoms with E-state index in [1.54, 1.807) is 0 Å². The molecule has 4 bridgehead atoms. The van der Waals surface area contributed by atoms with Crippen molar-refractivity contribution in [3.05, 3.63) is 0 Å². The lowest BCUT2D eigenvalue weighted by Crippen LogP contribution is -2.55. The quantitative estimate of drug-likeness (QED) is 0.448. The van der Waals surface area contributed by atoms with Crippen molar-refractivity contribution in [3.63, 3.8) is 0 Å². The first-order valence-corrected chi connectivity index (χ1v) is 13.8. The SMILES string of the molecule is CCNC1C2CC(C(=O)OC3(CC)C(C)CC4CC(CC)CC3C4)C(C2)C1C(C)CC. The average Bonchev–Trinajstić information content (AvgIpc) is 3.35. The van der Waals surface area contributed by atoms with Gasteiger partial charge in [0.2, 0.25) is 0 Å². The van der Waals surface area contributed by atoms with Gasteiger partial charge in [-0.3, -0.25) is 4.79 Å². The van der Waals surface area contributed by atoms with E-state index in [2.05, 4.69) is 46.9 Å². The van der Waals surface area contributed by atoms with Gasteiger partial charge in [-0.25, -0.2) is 0 Å². The Balaban J connectivity index is 1.52. The minimum absolute atomic E-state index is 0.137. The zero-order chi connectivity index (χ0) is 22.3. The number of carbonyl (C=O) groups excluding carboxylic acids is 1. The first-order chi connectivity index (χ1) is 14.9. The molecule has 0 spiro atoms. The number of nitrogens with one attached hydrogen (secondary N) is 1. The molecule has 0 heterocycles. The number of hydrogen-bond donors (Lipinski definition) is 1. The van der Waals surface area contributed by atoms with Crippen LogP contribution in [0.2, 0.25) is 0 Å². The molecule has 31 heavy (non-hydrogen) atoms. The summed E-state index contributed by atoms with van der Waals surface area (Å²) in [5, 5.41) is 3.80. The third kappa shape index (κ3) is 4.00. The number of rotatable bonds is 8. The molecule has 0 aromatic carbocycles. The van der Waals surface area contributed by atoms with Crippen molar-refractivity contribution in [3.8, 4) is 0 Å². The molecule has 1 N–H and O–H groups in total. The van der Waals surface area contributed by atoms with E-state index in [1.807, 2.05) is 0 Å². The van der Waals surface area contributed by atoms with Crippen LogP contribution in [0.1, 0.15) is 99.3 Å². The Morgan fingerprint density at radius 2 is 1.84 bits per heavy atom. The van der Waals surface area contributed by atoms with E-state index in [4.69, 9.17) is 4.74 Å². The highest BCUT2D eigenvalue weighted by molar-refractivity contribution is 5.74. The Hall–Kier alpha value is -0.570. The Labute approximate surface area is 191 Å². The van der Waals surface area contributed by atoms with Gasteiger partial charge in [-0.05, 0) is 98.8 Å². The van der Waals surface area contributed by atoms with Gasteiger partial charge in [-0.15, -0.1) is 0 Å². The molecule has 0 aliphatic heterocycles. The number of ether oxygens (including phenoxy) is 1. The monoisotopic (exact) mass is 431 g/mol. The molecular formula is C28H49NO2. The Morgan fingerprint density at radius 1 is 1.06 bits per heavy atom. The van der Waals surface area contributed by atoms with Crippen molar-refractivity contribution in [1.82, 2.24) is 5.32 Å². The molecule has 0 amide bonds. The Morgan fingerprint density at radius 3 is 2.48 bits per heavy atom. The van der Waals surface area contributed by atoms with Crippen LogP contribution in [0.4, 0.5) is 0 Å². The molecular weight excluding hydrogens is 382 g/mol. The van der Waals surface area contributed by atoms with Crippen LogP contribution in [0, 0.1) is 53.3 Å². The molecule has 0 aromatic heterocycles. The van der Waals surface area contributed by atoms with Gasteiger partial charge < -0.3 is 10.1 Å². The number of fused-ring (bicyclic) bond motifs is 4. The summed E-state index contributed by atoms with van der Waals surface area (Å²) in [5.41, 5.74) is -0.212. The molecule has 4 aliphatic rings. The van der Waals surface area contributed by atoms with E-state index in [9.17, 15) is 4.79 Å². The van der Waals surface area contributed by atoms with Gasteiger partial charge >= 0.3 is 5.97 Å². The number of esters is 1. The fourth-order valence-electron chi connectivity index (χ4n) is 9.02. The van der Waals surface area contributed by atoms with Gasteiger partial charge in [0, 0.05) is 6.04 Å². The van der Waals surface area contributed by atoms with E-state index < -0.39 is 0 Å². The summed E-state index contributed by atoms with van der Waals surface area (Å²) in [6, 6.07) is 0.604. The first kappa shape index (κ1) is 23.6. The van der Waals surface area contributed by atoms with Crippen molar-refractivity contribution < 1.29 is 9.53 Å². The second kappa shape index (κ2) is 9.35. The zero-order valence-electron chi connectivity index (χ0n) is 21.2. The van der Waals surface area contributed by atoms with E-state index in [-0.39, 0.29) is 17.5 Å². The van der Waals surface area contributed by atoms with Crippen LogP contribution in [-0.4, -0.2) is 24.2 Å². The third-order valence-electron chi connectivity index (χ3n) is 10.6. The highest BCUT2D eigenvalue weighted by atomic mass is 16.6. The summed E-state index contributed by atoms with van der Waals surface area (Å²) in [7, 11) is 0. The van der Waals surface area contributed by atoms with Crippen molar-refractivity contribution >= 4 is 5.97 Å². The van der Waals surface area contributed by atoms with E-state index >= 15 is 0 Å². The van der Waals surface area contributed by atoms with Gasteiger partial charge in [0.05, 0.1) is 5.92 Å². The summed E-state index contributed by atoms with van der Waals surface area (Å²) in [6.45, 7) is 15.0. The van der Waals surface area contributed by atoms with Crippen LogP contribution in [-0.2, 0) is 9.53 Å². The van der Waals surface area contributed by atoms with Crippen LogP contribution >= 0.6 is 0 Å². The maximum atomic E-state index is 13.8. The lowest BCUT2D eigenvalue weighted by Gasteiger charge is -2.54. The van der Waals surface area contributed by atoms with Crippen LogP contribution in [0.3, 0.4) is 0 Å². The standard InChI is InChI=1S/C28H49NO2/c1-7-17(5)25-23-15-21(26(25)29-10-4)16-24(23)27(30)31-28(9-3)18(6)11-20-12-19(8-2)13-22(28)14-20/h17-26,29H,7-16H2,1-6H3. The van der Waals surface area contributed by atoms with E-state index in [1.165, 1.54) is 44.9 Å². The smallest absolute Gasteiger partial charge is 0.309 e. The summed E-state index contributed by atoms with van der Waals surface area (Å²) in [4.78, 5) is 13.8. The molecule has 0 radical (unpaired) electrons. The van der Waals surface area contributed by atoms with Gasteiger partial charge in [-0.1, -0.05) is 54.4 Å². The molecule has 3 heteroatoms. The highest BCUT2D eigenvalue weighted by Gasteiger charge is 2.58. The van der Waals surface area contributed by atoms with E-state index in [0.29, 0.717) is 41.5 Å². The first-order valence-electron chi connectivity index (χ1n) is 13.8. The molecule has 11 unspecified atom stereocenters. The summed E-state index contributed by atoms with van der Waals surface area (Å²) < 4.78 is 6.75. The minimum Gasteiger partial charge on any atom is -0.458 e. The normalized spacial score (nSPS) is 47.4. The molecule has 11 atom stereocenters. The Kier molecular flexibility index (Phi) is 7.12. The predicted molar refractivity (Wildman–Crippen MR) is 128 cm³/mol. The van der Waals surface area contributed by atoms with Crippen molar-refractivity contribution in [1.29, 1.82) is 0 Å². The summed E-state index contributed by atoms with van der Waals surface area (Å²) in [6.07, 6.45) is 11.0. The van der Waals surface area contributed by atoms with Gasteiger partial charge in [-0.2, -0.15) is 0 Å². The highest BCUT2D eigenvalue weighted by Crippen LogP contribution is 2.57. The lowest BCUT2D eigenvalue weighted by atomic mass is 9.56. The van der Waals surface area contributed by atoms with Crippen LogP contribution in [0.15, 0.2) is 0 Å². The molecule has 4 fully saturated rings. The molecule has 4 aliphatic carbocycles. The van der Waals surface area contributed by atoms with Crippen molar-refractivity contribution in [2.45, 2.75) is 111 Å². The molecule has 0 aromatic rings. The molecule has 3 nitrogen and oxygen atoms in total. The fourth-order valence-corrected chi connectivity index (χ4v) is 9.02. The third-order valence-corrected chi connectivity index (χ3v) is 10.6.